The van der Waals surface area contributed by atoms with Crippen molar-refractivity contribution in [3.63, 3.8) is 0 Å². The van der Waals surface area contributed by atoms with Crippen LogP contribution < -0.4 is 15.5 Å². The number of para-hydroxylation sites is 2. The van der Waals surface area contributed by atoms with E-state index in [1.165, 1.54) is 13.2 Å². The lowest BCUT2D eigenvalue weighted by atomic mass is 10.1. The zero-order chi connectivity index (χ0) is 19.5. The SMILES string of the molecule is COc1ccccc1C(=O)Nc1cccc(-c2cc(=O)c3ccccc3o2)c1. The molecule has 1 N–H and O–H groups in total. The zero-order valence-corrected chi connectivity index (χ0v) is 15.1. The van der Waals surface area contributed by atoms with Crippen LogP contribution in [0.25, 0.3) is 22.3 Å². The molecule has 0 unspecified atom stereocenters. The number of carbonyl (C=O) groups excluding carboxylic acids is 1. The van der Waals surface area contributed by atoms with Crippen LogP contribution in [0.5, 0.6) is 5.75 Å². The highest BCUT2D eigenvalue weighted by Gasteiger charge is 2.13. The van der Waals surface area contributed by atoms with E-state index in [1.54, 1.807) is 60.7 Å². The molecule has 3 aromatic carbocycles. The second kappa shape index (κ2) is 7.40. The number of rotatable bonds is 4. The van der Waals surface area contributed by atoms with E-state index in [0.29, 0.717) is 39.3 Å². The summed E-state index contributed by atoms with van der Waals surface area (Å²) in [6.45, 7) is 0. The molecule has 0 fully saturated rings. The number of hydrogen-bond donors (Lipinski definition) is 1. The minimum Gasteiger partial charge on any atom is -0.496 e. The summed E-state index contributed by atoms with van der Waals surface area (Å²) in [5, 5.41) is 3.39. The maximum absolute atomic E-state index is 12.6. The molecule has 4 aromatic rings. The Bertz CT molecular complexity index is 1230. The van der Waals surface area contributed by atoms with Gasteiger partial charge in [-0.05, 0) is 36.4 Å². The molecule has 0 aliphatic heterocycles. The summed E-state index contributed by atoms with van der Waals surface area (Å²) < 4.78 is 11.1. The van der Waals surface area contributed by atoms with Crippen molar-refractivity contribution < 1.29 is 13.9 Å². The highest BCUT2D eigenvalue weighted by atomic mass is 16.5. The number of ether oxygens (including phenoxy) is 1. The normalized spacial score (nSPS) is 10.6. The maximum atomic E-state index is 12.6. The second-order valence-electron chi connectivity index (χ2n) is 6.21. The van der Waals surface area contributed by atoms with Gasteiger partial charge in [0, 0.05) is 17.3 Å². The Hall–Kier alpha value is -3.86. The van der Waals surface area contributed by atoms with Gasteiger partial charge in [0.2, 0.25) is 0 Å². The van der Waals surface area contributed by atoms with E-state index in [-0.39, 0.29) is 11.3 Å². The van der Waals surface area contributed by atoms with Crippen molar-refractivity contribution >= 4 is 22.6 Å². The molecule has 5 nitrogen and oxygen atoms in total. The number of carbonyl (C=O) groups is 1. The van der Waals surface area contributed by atoms with Gasteiger partial charge in [-0.2, -0.15) is 0 Å². The summed E-state index contributed by atoms with van der Waals surface area (Å²) in [4.78, 5) is 25.0. The quantitative estimate of drug-likeness (QED) is 0.563. The molecule has 138 valence electrons. The molecule has 1 aromatic heterocycles. The molecule has 0 bridgehead atoms. The molecule has 0 saturated heterocycles. The Kier molecular flexibility index (Phi) is 4.64. The van der Waals surface area contributed by atoms with Crippen molar-refractivity contribution in [1.29, 1.82) is 0 Å². The van der Waals surface area contributed by atoms with Crippen molar-refractivity contribution in [3.05, 3.63) is 94.6 Å². The van der Waals surface area contributed by atoms with Gasteiger partial charge in [-0.3, -0.25) is 9.59 Å². The first-order valence-electron chi connectivity index (χ1n) is 8.73. The fourth-order valence-corrected chi connectivity index (χ4v) is 3.03. The Labute approximate surface area is 161 Å². The van der Waals surface area contributed by atoms with Gasteiger partial charge in [-0.25, -0.2) is 0 Å². The van der Waals surface area contributed by atoms with Crippen LogP contribution in [-0.4, -0.2) is 13.0 Å². The zero-order valence-electron chi connectivity index (χ0n) is 15.1. The molecule has 0 atom stereocenters. The van der Waals surface area contributed by atoms with E-state index >= 15 is 0 Å². The van der Waals surface area contributed by atoms with Crippen LogP contribution in [-0.2, 0) is 0 Å². The molecule has 28 heavy (non-hydrogen) atoms. The third-order valence-electron chi connectivity index (χ3n) is 4.39. The van der Waals surface area contributed by atoms with E-state index in [1.807, 2.05) is 12.1 Å². The topological polar surface area (TPSA) is 68.5 Å². The summed E-state index contributed by atoms with van der Waals surface area (Å²) >= 11 is 0. The minimum absolute atomic E-state index is 0.111. The van der Waals surface area contributed by atoms with Crippen LogP contribution in [0, 0.1) is 0 Å². The molecule has 1 heterocycles. The summed E-state index contributed by atoms with van der Waals surface area (Å²) in [6, 6.07) is 22.7. The molecule has 4 rings (SSSR count). The number of amides is 1. The average molecular weight is 371 g/mol. The average Bonchev–Trinajstić information content (AvgIpc) is 2.74. The maximum Gasteiger partial charge on any atom is 0.259 e. The largest absolute Gasteiger partial charge is 0.496 e. The second-order valence-corrected chi connectivity index (χ2v) is 6.21. The Balaban J connectivity index is 1.67. The number of nitrogens with one attached hydrogen (secondary N) is 1. The highest BCUT2D eigenvalue weighted by Crippen LogP contribution is 2.25. The Morgan fingerprint density at radius 3 is 2.57 bits per heavy atom. The van der Waals surface area contributed by atoms with Gasteiger partial charge < -0.3 is 14.5 Å². The standard InChI is InChI=1S/C23H17NO4/c1-27-20-11-4-3-10-18(20)23(26)24-16-8-6-7-15(13-16)22-14-19(25)17-9-2-5-12-21(17)28-22/h2-14H,1H3,(H,24,26). The van der Waals surface area contributed by atoms with Crippen LogP contribution in [0.2, 0.25) is 0 Å². The predicted octanol–water partition coefficient (Wildman–Crippen LogP) is 4.72. The first-order chi connectivity index (χ1) is 13.7. The fourth-order valence-electron chi connectivity index (χ4n) is 3.03. The lowest BCUT2D eigenvalue weighted by molar-refractivity contribution is 0.102. The fraction of sp³-hybridized carbons (Fsp3) is 0.0435. The van der Waals surface area contributed by atoms with Crippen LogP contribution in [0.1, 0.15) is 10.4 Å². The third-order valence-corrected chi connectivity index (χ3v) is 4.39. The number of hydrogen-bond acceptors (Lipinski definition) is 4. The first-order valence-corrected chi connectivity index (χ1v) is 8.73. The first kappa shape index (κ1) is 17.5. The molecule has 1 amide bonds. The number of benzene rings is 3. The van der Waals surface area contributed by atoms with E-state index in [0.717, 1.165) is 0 Å². The number of anilines is 1. The van der Waals surface area contributed by atoms with Gasteiger partial charge in [0.1, 0.15) is 17.1 Å². The van der Waals surface area contributed by atoms with E-state index in [2.05, 4.69) is 5.32 Å². The predicted molar refractivity (Wildman–Crippen MR) is 109 cm³/mol. The van der Waals surface area contributed by atoms with Gasteiger partial charge in [0.25, 0.3) is 5.91 Å². The molecular formula is C23H17NO4. The van der Waals surface area contributed by atoms with Crippen LogP contribution >= 0.6 is 0 Å². The smallest absolute Gasteiger partial charge is 0.259 e. The molecule has 0 saturated carbocycles. The van der Waals surface area contributed by atoms with Crippen molar-refractivity contribution in [1.82, 2.24) is 0 Å². The summed E-state index contributed by atoms with van der Waals surface area (Å²) in [5.74, 6) is 0.656. The van der Waals surface area contributed by atoms with Gasteiger partial charge in [-0.15, -0.1) is 0 Å². The van der Waals surface area contributed by atoms with Crippen molar-refractivity contribution in [3.8, 4) is 17.1 Å². The van der Waals surface area contributed by atoms with Crippen molar-refractivity contribution in [2.24, 2.45) is 0 Å². The summed E-state index contributed by atoms with van der Waals surface area (Å²) in [7, 11) is 1.52. The van der Waals surface area contributed by atoms with Crippen LogP contribution in [0.4, 0.5) is 5.69 Å². The van der Waals surface area contributed by atoms with Gasteiger partial charge in [-0.1, -0.05) is 36.4 Å². The van der Waals surface area contributed by atoms with E-state index in [9.17, 15) is 9.59 Å². The molecular weight excluding hydrogens is 354 g/mol. The third kappa shape index (κ3) is 3.38. The monoisotopic (exact) mass is 371 g/mol. The Morgan fingerprint density at radius 2 is 1.71 bits per heavy atom. The highest BCUT2D eigenvalue weighted by molar-refractivity contribution is 6.06. The molecule has 0 spiro atoms. The van der Waals surface area contributed by atoms with E-state index in [4.69, 9.17) is 9.15 Å². The molecule has 0 aliphatic carbocycles. The van der Waals surface area contributed by atoms with Crippen molar-refractivity contribution in [2.45, 2.75) is 0 Å². The number of methoxy groups -OCH3 is 1. The summed E-state index contributed by atoms with van der Waals surface area (Å²) in [6.07, 6.45) is 0. The molecule has 5 heteroatoms. The number of fused-ring (bicyclic) bond motifs is 1. The minimum atomic E-state index is -0.283. The molecule has 0 aliphatic rings. The van der Waals surface area contributed by atoms with Crippen LogP contribution in [0.3, 0.4) is 0 Å². The Morgan fingerprint density at radius 1 is 0.929 bits per heavy atom. The lowest BCUT2D eigenvalue weighted by Crippen LogP contribution is -2.13. The van der Waals surface area contributed by atoms with Gasteiger partial charge >= 0.3 is 0 Å². The van der Waals surface area contributed by atoms with Crippen LogP contribution in [0.15, 0.2) is 88.1 Å². The molecule has 0 radical (unpaired) electrons. The van der Waals surface area contributed by atoms with Gasteiger partial charge in [0.15, 0.2) is 5.43 Å². The summed E-state index contributed by atoms with van der Waals surface area (Å²) in [5.41, 5.74) is 2.13. The van der Waals surface area contributed by atoms with Gasteiger partial charge in [0.05, 0.1) is 18.1 Å². The lowest BCUT2D eigenvalue weighted by Gasteiger charge is -2.10. The van der Waals surface area contributed by atoms with E-state index < -0.39 is 0 Å². The van der Waals surface area contributed by atoms with Crippen molar-refractivity contribution in [2.75, 3.05) is 12.4 Å².